The first-order valence-electron chi connectivity index (χ1n) is 13.5. The monoisotopic (exact) mass is 441 g/mol. The van der Waals surface area contributed by atoms with Crippen molar-refractivity contribution < 1.29 is 14.6 Å². The van der Waals surface area contributed by atoms with Gasteiger partial charge in [0.05, 0.1) is 12.0 Å². The van der Waals surface area contributed by atoms with Crippen molar-refractivity contribution in [2.45, 2.75) is 130 Å². The highest BCUT2D eigenvalue weighted by Gasteiger charge is 2.28. The van der Waals surface area contributed by atoms with Crippen LogP contribution in [0.25, 0.3) is 0 Å². The number of nitrogens with one attached hydrogen (secondary N) is 1. The molecule has 4 nitrogen and oxygen atoms in total. The molecule has 0 bridgehead atoms. The van der Waals surface area contributed by atoms with E-state index in [1.165, 1.54) is 64.2 Å². The van der Waals surface area contributed by atoms with Crippen LogP contribution in [0.15, 0.2) is 0 Å². The van der Waals surface area contributed by atoms with E-state index in [1.54, 1.807) is 0 Å². The molecule has 0 radical (unpaired) electrons. The van der Waals surface area contributed by atoms with E-state index < -0.39 is 0 Å². The standard InChI is InChI=1S/C27H55NO3/c1-5-7-11-17-25(18-12-8-6-2)19-15-24-31-26(30)27(3,4)20-13-9-10-14-21-28-22-16-23-29/h25,28-29H,5-24H2,1-4H3. The summed E-state index contributed by atoms with van der Waals surface area (Å²) in [6.07, 6.45) is 19.2. The molecule has 0 amide bonds. The normalized spacial score (nSPS) is 11.9. The molecule has 2 N–H and O–H groups in total. The van der Waals surface area contributed by atoms with Crippen molar-refractivity contribution in [3.63, 3.8) is 0 Å². The van der Waals surface area contributed by atoms with Gasteiger partial charge in [0, 0.05) is 6.61 Å². The number of carbonyl (C=O) groups is 1. The maximum absolute atomic E-state index is 12.5. The van der Waals surface area contributed by atoms with Crippen LogP contribution < -0.4 is 5.32 Å². The lowest BCUT2D eigenvalue weighted by Crippen LogP contribution is -2.27. The Morgan fingerprint density at radius 2 is 1.39 bits per heavy atom. The number of aliphatic hydroxyl groups is 1. The van der Waals surface area contributed by atoms with Crippen molar-refractivity contribution in [1.82, 2.24) is 5.32 Å². The highest BCUT2D eigenvalue weighted by atomic mass is 16.5. The first-order chi connectivity index (χ1) is 15.0. The van der Waals surface area contributed by atoms with Gasteiger partial charge in [-0.15, -0.1) is 0 Å². The van der Waals surface area contributed by atoms with Crippen molar-refractivity contribution in [3.8, 4) is 0 Å². The van der Waals surface area contributed by atoms with Crippen LogP contribution in [-0.4, -0.2) is 37.4 Å². The molecule has 0 rings (SSSR count). The van der Waals surface area contributed by atoms with Crippen LogP contribution in [0.1, 0.15) is 130 Å². The van der Waals surface area contributed by atoms with E-state index in [4.69, 9.17) is 9.84 Å². The fourth-order valence-corrected chi connectivity index (χ4v) is 4.13. The lowest BCUT2D eigenvalue weighted by atomic mass is 9.87. The zero-order chi connectivity index (χ0) is 23.2. The summed E-state index contributed by atoms with van der Waals surface area (Å²) in [4.78, 5) is 12.5. The Bertz CT molecular complexity index is 388. The summed E-state index contributed by atoms with van der Waals surface area (Å²) in [6, 6.07) is 0. The third kappa shape index (κ3) is 18.6. The van der Waals surface area contributed by atoms with Gasteiger partial charge >= 0.3 is 5.97 Å². The smallest absolute Gasteiger partial charge is 0.311 e. The Morgan fingerprint density at radius 1 is 0.806 bits per heavy atom. The molecule has 0 saturated carbocycles. The first kappa shape index (κ1) is 30.4. The highest BCUT2D eigenvalue weighted by molar-refractivity contribution is 5.75. The fraction of sp³-hybridized carbons (Fsp3) is 0.963. The van der Waals surface area contributed by atoms with Gasteiger partial charge in [0.25, 0.3) is 0 Å². The second-order valence-corrected chi connectivity index (χ2v) is 10.0. The molecule has 31 heavy (non-hydrogen) atoms. The average molecular weight is 442 g/mol. The van der Waals surface area contributed by atoms with Gasteiger partial charge in [0.2, 0.25) is 0 Å². The molecule has 0 aromatic carbocycles. The maximum Gasteiger partial charge on any atom is 0.311 e. The maximum atomic E-state index is 12.5. The first-order valence-corrected chi connectivity index (χ1v) is 13.5. The van der Waals surface area contributed by atoms with Crippen LogP contribution in [0.2, 0.25) is 0 Å². The third-order valence-electron chi connectivity index (χ3n) is 6.39. The fourth-order valence-electron chi connectivity index (χ4n) is 4.13. The summed E-state index contributed by atoms with van der Waals surface area (Å²) in [7, 11) is 0. The zero-order valence-electron chi connectivity index (χ0n) is 21.5. The van der Waals surface area contributed by atoms with Gasteiger partial charge in [-0.2, -0.15) is 0 Å². The molecule has 0 aliphatic rings. The molecule has 0 spiro atoms. The SMILES string of the molecule is CCCCCC(CCCCC)CCCOC(=O)C(C)(C)CCCCCCNCCCO. The van der Waals surface area contributed by atoms with Crippen molar-refractivity contribution in [2.75, 3.05) is 26.3 Å². The van der Waals surface area contributed by atoms with Crippen molar-refractivity contribution in [3.05, 3.63) is 0 Å². The molecule has 0 aliphatic heterocycles. The summed E-state index contributed by atoms with van der Waals surface area (Å²) in [5.74, 6) is 0.787. The third-order valence-corrected chi connectivity index (χ3v) is 6.39. The van der Waals surface area contributed by atoms with Crippen LogP contribution in [-0.2, 0) is 9.53 Å². The predicted octanol–water partition coefficient (Wildman–Crippen LogP) is 7.04. The molecule has 0 aliphatic carbocycles. The van der Waals surface area contributed by atoms with Gasteiger partial charge < -0.3 is 15.2 Å². The van der Waals surface area contributed by atoms with Gasteiger partial charge in [-0.1, -0.05) is 84.5 Å². The quantitative estimate of drug-likeness (QED) is 0.132. The van der Waals surface area contributed by atoms with Crippen molar-refractivity contribution in [1.29, 1.82) is 0 Å². The number of hydrogen-bond donors (Lipinski definition) is 2. The van der Waals surface area contributed by atoms with Crippen LogP contribution >= 0.6 is 0 Å². The predicted molar refractivity (Wildman–Crippen MR) is 133 cm³/mol. The van der Waals surface area contributed by atoms with Gasteiger partial charge in [0.1, 0.15) is 0 Å². The Labute approximate surface area is 194 Å². The van der Waals surface area contributed by atoms with Gasteiger partial charge in [-0.3, -0.25) is 4.79 Å². The van der Waals surface area contributed by atoms with Gasteiger partial charge in [-0.05, 0) is 65.0 Å². The number of esters is 1. The van der Waals surface area contributed by atoms with E-state index in [2.05, 4.69) is 19.2 Å². The second kappa shape index (κ2) is 21.2. The molecule has 0 aromatic rings. The number of aliphatic hydroxyl groups excluding tert-OH is 1. The molecular formula is C27H55NO3. The second-order valence-electron chi connectivity index (χ2n) is 10.0. The Hall–Kier alpha value is -0.610. The van der Waals surface area contributed by atoms with Crippen LogP contribution in [0, 0.1) is 11.3 Å². The van der Waals surface area contributed by atoms with Crippen LogP contribution in [0.3, 0.4) is 0 Å². The highest BCUT2D eigenvalue weighted by Crippen LogP contribution is 2.26. The summed E-state index contributed by atoms with van der Waals surface area (Å²) >= 11 is 0. The number of unbranched alkanes of at least 4 members (excludes halogenated alkanes) is 7. The van der Waals surface area contributed by atoms with E-state index in [-0.39, 0.29) is 18.0 Å². The van der Waals surface area contributed by atoms with E-state index in [0.717, 1.165) is 57.5 Å². The minimum Gasteiger partial charge on any atom is -0.465 e. The molecule has 0 atom stereocenters. The van der Waals surface area contributed by atoms with Crippen molar-refractivity contribution in [2.24, 2.45) is 11.3 Å². The van der Waals surface area contributed by atoms with E-state index in [0.29, 0.717) is 6.61 Å². The number of carbonyl (C=O) groups excluding carboxylic acids is 1. The number of rotatable bonds is 23. The molecule has 0 unspecified atom stereocenters. The zero-order valence-corrected chi connectivity index (χ0v) is 21.5. The summed E-state index contributed by atoms with van der Waals surface area (Å²) < 4.78 is 5.67. The minimum absolute atomic E-state index is 0.0216. The molecular weight excluding hydrogens is 386 g/mol. The Kier molecular flexibility index (Phi) is 20.8. The lowest BCUT2D eigenvalue weighted by Gasteiger charge is -2.23. The molecule has 186 valence electrons. The molecule has 0 saturated heterocycles. The van der Waals surface area contributed by atoms with Crippen LogP contribution in [0.4, 0.5) is 0 Å². The van der Waals surface area contributed by atoms with Crippen molar-refractivity contribution >= 4 is 5.97 Å². The largest absolute Gasteiger partial charge is 0.465 e. The van der Waals surface area contributed by atoms with Gasteiger partial charge in [-0.25, -0.2) is 0 Å². The lowest BCUT2D eigenvalue weighted by molar-refractivity contribution is -0.154. The molecule has 0 aromatic heterocycles. The number of ether oxygens (including phenoxy) is 1. The molecule has 0 fully saturated rings. The molecule has 4 heteroatoms. The van der Waals surface area contributed by atoms with Crippen LogP contribution in [0.5, 0.6) is 0 Å². The van der Waals surface area contributed by atoms with E-state index in [9.17, 15) is 4.79 Å². The summed E-state index contributed by atoms with van der Waals surface area (Å²) in [5, 5.41) is 12.1. The topological polar surface area (TPSA) is 58.6 Å². The minimum atomic E-state index is -0.374. The summed E-state index contributed by atoms with van der Waals surface area (Å²) in [5.41, 5.74) is -0.374. The average Bonchev–Trinajstić information content (AvgIpc) is 2.75. The van der Waals surface area contributed by atoms with E-state index >= 15 is 0 Å². The Balaban J connectivity index is 3.93. The molecule has 0 heterocycles. The Morgan fingerprint density at radius 3 is 2.00 bits per heavy atom. The van der Waals surface area contributed by atoms with E-state index in [1.807, 2.05) is 13.8 Å². The summed E-state index contributed by atoms with van der Waals surface area (Å²) in [6.45, 7) is 11.4. The van der Waals surface area contributed by atoms with Gasteiger partial charge in [0.15, 0.2) is 0 Å². The number of hydrogen-bond acceptors (Lipinski definition) is 4.